The topological polar surface area (TPSA) is 41.9 Å². The third kappa shape index (κ3) is 5.15. The van der Waals surface area contributed by atoms with Gasteiger partial charge >= 0.3 is 0 Å². The average Bonchev–Trinajstić information content (AvgIpc) is 3.49. The molecule has 2 saturated carbocycles. The molecule has 240 valence electrons. The van der Waals surface area contributed by atoms with Crippen LogP contribution in [0.4, 0.5) is 0 Å². The fourth-order valence-electron chi connectivity index (χ4n) is 11.4. The minimum atomic E-state index is -0.225. The Kier molecular flexibility index (Phi) is 7.58. The van der Waals surface area contributed by atoms with E-state index in [1.165, 1.54) is 44.1 Å². The summed E-state index contributed by atoms with van der Waals surface area (Å²) in [5, 5.41) is 10.4. The second-order valence-electron chi connectivity index (χ2n) is 16.2. The summed E-state index contributed by atoms with van der Waals surface area (Å²) in [4.78, 5) is 2.77. The number of para-hydroxylation sites is 1. The second-order valence-corrected chi connectivity index (χ2v) is 16.2. The number of hydrogen-bond donors (Lipinski definition) is 1. The van der Waals surface area contributed by atoms with E-state index in [0.717, 1.165) is 61.6 Å². The standard InChI is InChI=1S/C41H53NO3/c1-26-20-38-39(42(24-26)25-29-10-13-33(14-11-29)44-32-8-6-5-7-9-32)28(3)41(45-38)19-17-34-35-15-12-30-21-31(43)16-18-40(30,4)37(35)22-36(34)27(2)23-41/h5-11,13-14,21,26,28,31,34-35,37-39,43H,12,15-20,22-25H2,1-4H3/t26-,28+,31-,34-,35-,37-,38+,39-,40-,41-/m0/s1. The third-order valence-electron chi connectivity index (χ3n) is 13.6. The van der Waals surface area contributed by atoms with Crippen LogP contribution < -0.4 is 4.74 Å². The molecule has 1 spiro atoms. The van der Waals surface area contributed by atoms with Gasteiger partial charge in [-0.1, -0.05) is 73.9 Å². The van der Waals surface area contributed by atoms with E-state index in [9.17, 15) is 5.11 Å². The van der Waals surface area contributed by atoms with Crippen LogP contribution in [0.5, 0.6) is 11.5 Å². The fraction of sp³-hybridized carbons (Fsp3) is 0.610. The number of rotatable bonds is 4. The number of benzene rings is 2. The van der Waals surface area contributed by atoms with E-state index in [0.29, 0.717) is 24.0 Å². The number of ether oxygens (including phenoxy) is 2. The van der Waals surface area contributed by atoms with Gasteiger partial charge in [-0.05, 0) is 124 Å². The average molecular weight is 608 g/mol. The summed E-state index contributed by atoms with van der Waals surface area (Å²) < 4.78 is 13.4. The van der Waals surface area contributed by atoms with Crippen LogP contribution in [0.2, 0.25) is 0 Å². The molecular formula is C41H53NO3. The second kappa shape index (κ2) is 11.4. The molecule has 6 aliphatic rings. The van der Waals surface area contributed by atoms with Gasteiger partial charge in [0, 0.05) is 25.0 Å². The molecule has 4 aliphatic carbocycles. The van der Waals surface area contributed by atoms with Gasteiger partial charge in [-0.2, -0.15) is 0 Å². The Labute approximate surface area is 270 Å². The van der Waals surface area contributed by atoms with Gasteiger partial charge in [0.1, 0.15) is 11.5 Å². The number of fused-ring (bicyclic) bond motifs is 6. The first-order valence-electron chi connectivity index (χ1n) is 18.0. The molecule has 4 fully saturated rings. The molecule has 10 atom stereocenters. The Morgan fingerprint density at radius 2 is 1.76 bits per heavy atom. The third-order valence-corrected chi connectivity index (χ3v) is 13.6. The van der Waals surface area contributed by atoms with Crippen molar-refractivity contribution in [3.05, 3.63) is 83.0 Å². The minimum absolute atomic E-state index is 0.0411. The minimum Gasteiger partial charge on any atom is -0.457 e. The zero-order chi connectivity index (χ0) is 30.9. The summed E-state index contributed by atoms with van der Waals surface area (Å²) in [5.74, 6) is 5.19. The SMILES string of the molecule is CC1=C2C[C@H]3[C@@H](CCC4=C[C@@H](O)CC[C@@]43C)[C@@H]2CC[C@@]2(C1)O[C@@H]1C[C@H](C)CN(Cc3ccc(Oc4ccccc4)cc3)[C@H]1[C@H]2C. The molecule has 1 N–H and O–H groups in total. The van der Waals surface area contributed by atoms with Crippen LogP contribution in [0.15, 0.2) is 77.4 Å². The predicted molar refractivity (Wildman–Crippen MR) is 180 cm³/mol. The molecule has 2 aromatic rings. The lowest BCUT2D eigenvalue weighted by atomic mass is 9.56. The molecule has 8 rings (SSSR count). The van der Waals surface area contributed by atoms with Crippen LogP contribution >= 0.6 is 0 Å². The number of hydrogen-bond acceptors (Lipinski definition) is 4. The van der Waals surface area contributed by atoms with Gasteiger partial charge in [0.25, 0.3) is 0 Å². The first kappa shape index (κ1) is 30.0. The van der Waals surface area contributed by atoms with E-state index < -0.39 is 0 Å². The summed E-state index contributed by atoms with van der Waals surface area (Å²) in [6.45, 7) is 12.1. The highest BCUT2D eigenvalue weighted by molar-refractivity contribution is 5.35. The summed E-state index contributed by atoms with van der Waals surface area (Å²) in [7, 11) is 0. The number of piperidine rings is 1. The normalized spacial score (nSPS) is 41.1. The first-order valence-corrected chi connectivity index (χ1v) is 18.0. The highest BCUT2D eigenvalue weighted by Crippen LogP contribution is 2.64. The molecule has 2 aromatic carbocycles. The fourth-order valence-corrected chi connectivity index (χ4v) is 11.4. The van der Waals surface area contributed by atoms with E-state index >= 15 is 0 Å². The van der Waals surface area contributed by atoms with Gasteiger partial charge in [-0.25, -0.2) is 0 Å². The number of allylic oxidation sites excluding steroid dienone is 2. The van der Waals surface area contributed by atoms with E-state index in [-0.39, 0.29) is 17.1 Å². The van der Waals surface area contributed by atoms with Crippen molar-refractivity contribution < 1.29 is 14.6 Å². The molecule has 0 aromatic heterocycles. The Morgan fingerprint density at radius 3 is 2.56 bits per heavy atom. The van der Waals surface area contributed by atoms with Crippen molar-refractivity contribution in [1.82, 2.24) is 4.90 Å². The van der Waals surface area contributed by atoms with Crippen molar-refractivity contribution in [3.8, 4) is 11.5 Å². The summed E-state index contributed by atoms with van der Waals surface area (Å²) in [6.07, 6.45) is 13.0. The van der Waals surface area contributed by atoms with Crippen molar-refractivity contribution in [2.24, 2.45) is 35.0 Å². The van der Waals surface area contributed by atoms with Gasteiger partial charge in [0.15, 0.2) is 0 Å². The van der Waals surface area contributed by atoms with E-state index in [4.69, 9.17) is 9.47 Å². The highest BCUT2D eigenvalue weighted by atomic mass is 16.5. The van der Waals surface area contributed by atoms with Crippen molar-refractivity contribution in [1.29, 1.82) is 0 Å². The van der Waals surface area contributed by atoms with Crippen molar-refractivity contribution in [3.63, 3.8) is 0 Å². The summed E-state index contributed by atoms with van der Waals surface area (Å²) >= 11 is 0. The van der Waals surface area contributed by atoms with Crippen molar-refractivity contribution >= 4 is 0 Å². The van der Waals surface area contributed by atoms with Crippen LogP contribution in [0.25, 0.3) is 0 Å². The van der Waals surface area contributed by atoms with Crippen LogP contribution in [0, 0.1) is 35.0 Å². The van der Waals surface area contributed by atoms with Gasteiger partial charge in [-0.3, -0.25) is 4.90 Å². The molecule has 4 heteroatoms. The van der Waals surface area contributed by atoms with E-state index in [1.807, 2.05) is 30.3 Å². The van der Waals surface area contributed by atoms with Crippen LogP contribution in [-0.4, -0.2) is 40.4 Å². The number of nitrogens with zero attached hydrogens (tertiary/aromatic N) is 1. The zero-order valence-electron chi connectivity index (χ0n) is 27.9. The maximum atomic E-state index is 10.4. The number of likely N-dealkylation sites (tertiary alicyclic amines) is 1. The van der Waals surface area contributed by atoms with Gasteiger partial charge in [0.05, 0.1) is 17.8 Å². The molecule has 45 heavy (non-hydrogen) atoms. The Morgan fingerprint density at radius 1 is 0.978 bits per heavy atom. The largest absolute Gasteiger partial charge is 0.457 e. The molecule has 0 radical (unpaired) electrons. The summed E-state index contributed by atoms with van der Waals surface area (Å²) in [5.41, 5.74) is 6.61. The molecule has 0 bridgehead atoms. The zero-order valence-corrected chi connectivity index (χ0v) is 27.9. The molecule has 2 heterocycles. The van der Waals surface area contributed by atoms with E-state index in [2.05, 4.69) is 62.9 Å². The molecule has 2 aliphatic heterocycles. The van der Waals surface area contributed by atoms with Crippen LogP contribution in [0.1, 0.15) is 91.0 Å². The molecular weight excluding hydrogens is 554 g/mol. The van der Waals surface area contributed by atoms with E-state index in [1.54, 1.807) is 16.7 Å². The Hall–Kier alpha value is -2.40. The first-order chi connectivity index (χ1) is 21.7. The van der Waals surface area contributed by atoms with Crippen LogP contribution in [-0.2, 0) is 11.3 Å². The Balaban J connectivity index is 1.00. The maximum absolute atomic E-state index is 10.4. The maximum Gasteiger partial charge on any atom is 0.127 e. The lowest BCUT2D eigenvalue weighted by molar-refractivity contribution is -0.0799. The highest BCUT2D eigenvalue weighted by Gasteiger charge is 2.59. The number of aliphatic hydroxyl groups is 1. The molecule has 0 unspecified atom stereocenters. The number of aliphatic hydroxyl groups excluding tert-OH is 1. The lowest BCUT2D eigenvalue weighted by Crippen LogP contribution is -2.51. The van der Waals surface area contributed by atoms with Gasteiger partial charge < -0.3 is 14.6 Å². The summed E-state index contributed by atoms with van der Waals surface area (Å²) in [6, 6.07) is 19.3. The predicted octanol–water partition coefficient (Wildman–Crippen LogP) is 9.10. The van der Waals surface area contributed by atoms with Crippen molar-refractivity contribution in [2.45, 2.75) is 116 Å². The van der Waals surface area contributed by atoms with Crippen LogP contribution in [0.3, 0.4) is 0 Å². The quantitative estimate of drug-likeness (QED) is 0.352. The van der Waals surface area contributed by atoms with Gasteiger partial charge in [-0.15, -0.1) is 0 Å². The Bertz CT molecular complexity index is 1460. The molecule has 0 amide bonds. The lowest BCUT2D eigenvalue weighted by Gasteiger charge is -2.49. The molecule has 4 nitrogen and oxygen atoms in total. The van der Waals surface area contributed by atoms with Gasteiger partial charge in [0.2, 0.25) is 0 Å². The monoisotopic (exact) mass is 607 g/mol. The molecule has 2 saturated heterocycles. The smallest absolute Gasteiger partial charge is 0.127 e. The van der Waals surface area contributed by atoms with Crippen molar-refractivity contribution in [2.75, 3.05) is 6.54 Å².